The number of carbonyl (C=O) groups is 1. The van der Waals surface area contributed by atoms with Crippen molar-refractivity contribution in [1.82, 2.24) is 0 Å². The summed E-state index contributed by atoms with van der Waals surface area (Å²) in [6, 6.07) is 13.9. The molecule has 0 spiro atoms. The van der Waals surface area contributed by atoms with Gasteiger partial charge in [-0.25, -0.2) is 0 Å². The molecule has 2 N–H and O–H groups in total. The molecule has 1 heterocycles. The smallest absolute Gasteiger partial charge is 0.228 e. The van der Waals surface area contributed by atoms with Crippen LogP contribution in [0.4, 0.5) is 11.4 Å². The Balaban J connectivity index is 1.65. The Hall–Kier alpha value is -1.81. The molecule has 0 bridgehead atoms. The monoisotopic (exact) mass is 344 g/mol. The van der Waals surface area contributed by atoms with Crippen molar-refractivity contribution in [2.24, 2.45) is 0 Å². The minimum Gasteiger partial charge on any atom is -0.385 e. The summed E-state index contributed by atoms with van der Waals surface area (Å²) in [5.74, 6) is 0.0149. The van der Waals surface area contributed by atoms with Gasteiger partial charge in [0.15, 0.2) is 0 Å². The van der Waals surface area contributed by atoms with E-state index in [0.29, 0.717) is 6.42 Å². The van der Waals surface area contributed by atoms with Crippen molar-refractivity contribution in [3.63, 3.8) is 0 Å². The molecule has 0 aliphatic carbocycles. The third kappa shape index (κ3) is 3.64. The lowest BCUT2D eigenvalue weighted by Crippen LogP contribution is -2.16. The van der Waals surface area contributed by atoms with Gasteiger partial charge in [-0.05, 0) is 54.3 Å². The van der Waals surface area contributed by atoms with Crippen molar-refractivity contribution in [3.05, 3.63) is 58.1 Å². The van der Waals surface area contributed by atoms with Crippen molar-refractivity contribution >= 4 is 33.2 Å². The molecule has 0 atom stereocenters. The van der Waals surface area contributed by atoms with E-state index in [0.717, 1.165) is 35.1 Å². The minimum absolute atomic E-state index is 0.0149. The summed E-state index contributed by atoms with van der Waals surface area (Å²) in [5.41, 5.74) is 4.35. The Kier molecular flexibility index (Phi) is 4.25. The summed E-state index contributed by atoms with van der Waals surface area (Å²) in [6.07, 6.45) is 2.60. The second-order valence-corrected chi connectivity index (χ2v) is 6.17. The quantitative estimate of drug-likeness (QED) is 0.883. The maximum absolute atomic E-state index is 12.1. The average molecular weight is 345 g/mol. The highest BCUT2D eigenvalue weighted by molar-refractivity contribution is 9.10. The molecule has 3 rings (SSSR count). The molecular weight excluding hydrogens is 328 g/mol. The number of anilines is 2. The van der Waals surface area contributed by atoms with Gasteiger partial charge in [0.1, 0.15) is 0 Å². The molecule has 1 aliphatic rings. The van der Waals surface area contributed by atoms with E-state index in [9.17, 15) is 4.79 Å². The van der Waals surface area contributed by atoms with Gasteiger partial charge in [-0.15, -0.1) is 0 Å². The summed E-state index contributed by atoms with van der Waals surface area (Å²) in [6.45, 7) is 1.03. The molecule has 1 aliphatic heterocycles. The number of amides is 1. The highest BCUT2D eigenvalue weighted by Gasteiger charge is 2.10. The molecule has 0 saturated heterocycles. The van der Waals surface area contributed by atoms with Gasteiger partial charge >= 0.3 is 0 Å². The second-order valence-electron chi connectivity index (χ2n) is 5.25. The average Bonchev–Trinajstić information content (AvgIpc) is 2.49. The van der Waals surface area contributed by atoms with Crippen molar-refractivity contribution in [1.29, 1.82) is 0 Å². The molecule has 4 heteroatoms. The van der Waals surface area contributed by atoms with Crippen LogP contribution in [0.3, 0.4) is 0 Å². The maximum atomic E-state index is 12.1. The van der Waals surface area contributed by atoms with Crippen LogP contribution in [-0.2, 0) is 17.6 Å². The van der Waals surface area contributed by atoms with E-state index < -0.39 is 0 Å². The Morgan fingerprint density at radius 3 is 2.81 bits per heavy atom. The molecule has 3 nitrogen and oxygen atoms in total. The molecule has 2 aromatic rings. The van der Waals surface area contributed by atoms with Crippen LogP contribution in [0.2, 0.25) is 0 Å². The van der Waals surface area contributed by atoms with Gasteiger partial charge in [0.05, 0.1) is 6.42 Å². The van der Waals surface area contributed by atoms with E-state index in [2.05, 4.69) is 32.6 Å². The number of fused-ring (bicyclic) bond motifs is 1. The predicted octanol–water partition coefficient (Wildman–Crippen LogP) is 3.99. The number of carbonyl (C=O) groups excluding carboxylic acids is 1. The largest absolute Gasteiger partial charge is 0.385 e. The number of halogens is 1. The van der Waals surface area contributed by atoms with Gasteiger partial charge in [-0.3, -0.25) is 4.79 Å². The van der Waals surface area contributed by atoms with E-state index in [1.54, 1.807) is 0 Å². The van der Waals surface area contributed by atoms with Crippen LogP contribution in [0.15, 0.2) is 46.9 Å². The zero-order chi connectivity index (χ0) is 14.7. The Morgan fingerprint density at radius 1 is 1.19 bits per heavy atom. The van der Waals surface area contributed by atoms with Crippen molar-refractivity contribution in [3.8, 4) is 0 Å². The van der Waals surface area contributed by atoms with Crippen molar-refractivity contribution < 1.29 is 4.79 Å². The Morgan fingerprint density at radius 2 is 2.00 bits per heavy atom. The van der Waals surface area contributed by atoms with Gasteiger partial charge in [-0.1, -0.05) is 28.1 Å². The number of rotatable bonds is 3. The molecule has 0 fully saturated rings. The van der Waals surface area contributed by atoms with E-state index >= 15 is 0 Å². The number of benzene rings is 2. The van der Waals surface area contributed by atoms with E-state index in [1.807, 2.05) is 36.4 Å². The lowest BCUT2D eigenvalue weighted by atomic mass is 10.0. The SMILES string of the molecule is O=C(Cc1ccc(Br)cc1)Nc1ccc2c(c1)CCCN2. The summed E-state index contributed by atoms with van der Waals surface area (Å²) in [4.78, 5) is 12.1. The fourth-order valence-electron chi connectivity index (χ4n) is 2.55. The van der Waals surface area contributed by atoms with Crippen LogP contribution >= 0.6 is 15.9 Å². The zero-order valence-electron chi connectivity index (χ0n) is 11.7. The van der Waals surface area contributed by atoms with Gasteiger partial charge in [0, 0.05) is 22.4 Å². The molecule has 21 heavy (non-hydrogen) atoms. The van der Waals surface area contributed by atoms with Crippen LogP contribution in [0.25, 0.3) is 0 Å². The van der Waals surface area contributed by atoms with Gasteiger partial charge < -0.3 is 10.6 Å². The van der Waals surface area contributed by atoms with Crippen LogP contribution in [0, 0.1) is 0 Å². The fraction of sp³-hybridized carbons (Fsp3) is 0.235. The summed E-state index contributed by atoms with van der Waals surface area (Å²) >= 11 is 3.39. The number of hydrogen-bond acceptors (Lipinski definition) is 2. The van der Waals surface area contributed by atoms with Gasteiger partial charge in [0.25, 0.3) is 0 Å². The molecule has 1 amide bonds. The molecule has 0 unspecified atom stereocenters. The normalized spacial score (nSPS) is 13.2. The highest BCUT2D eigenvalue weighted by atomic mass is 79.9. The minimum atomic E-state index is 0.0149. The van der Waals surface area contributed by atoms with Crippen LogP contribution in [0.5, 0.6) is 0 Å². The second kappa shape index (κ2) is 6.31. The summed E-state index contributed by atoms with van der Waals surface area (Å²) in [7, 11) is 0. The molecule has 108 valence electrons. The first-order valence-corrected chi connectivity index (χ1v) is 7.91. The van der Waals surface area contributed by atoms with Crippen LogP contribution in [-0.4, -0.2) is 12.5 Å². The summed E-state index contributed by atoms with van der Waals surface area (Å²) < 4.78 is 1.02. The van der Waals surface area contributed by atoms with Crippen LogP contribution < -0.4 is 10.6 Å². The molecular formula is C17H17BrN2O. The number of nitrogens with one attached hydrogen (secondary N) is 2. The first-order chi connectivity index (χ1) is 10.2. The van der Waals surface area contributed by atoms with E-state index in [-0.39, 0.29) is 5.91 Å². The first kappa shape index (κ1) is 14.1. The fourth-order valence-corrected chi connectivity index (χ4v) is 2.81. The van der Waals surface area contributed by atoms with E-state index in [1.165, 1.54) is 11.3 Å². The lowest BCUT2D eigenvalue weighted by molar-refractivity contribution is -0.115. The Bertz CT molecular complexity index is 652. The van der Waals surface area contributed by atoms with Crippen molar-refractivity contribution in [2.75, 3.05) is 17.2 Å². The zero-order valence-corrected chi connectivity index (χ0v) is 13.2. The third-order valence-electron chi connectivity index (χ3n) is 3.61. The number of aryl methyl sites for hydroxylation is 1. The standard InChI is InChI=1S/C17H17BrN2O/c18-14-5-3-12(4-6-14)10-17(21)20-15-7-8-16-13(11-15)2-1-9-19-16/h3-8,11,19H,1-2,9-10H2,(H,20,21). The number of hydrogen-bond donors (Lipinski definition) is 2. The lowest BCUT2D eigenvalue weighted by Gasteiger charge is -2.18. The molecule has 0 aromatic heterocycles. The maximum Gasteiger partial charge on any atom is 0.228 e. The highest BCUT2D eigenvalue weighted by Crippen LogP contribution is 2.25. The predicted molar refractivity (Wildman–Crippen MR) is 89.7 cm³/mol. The van der Waals surface area contributed by atoms with Crippen LogP contribution in [0.1, 0.15) is 17.5 Å². The first-order valence-electron chi connectivity index (χ1n) is 7.12. The molecule has 2 aromatic carbocycles. The van der Waals surface area contributed by atoms with Gasteiger partial charge in [0.2, 0.25) is 5.91 Å². The topological polar surface area (TPSA) is 41.1 Å². The molecule has 0 radical (unpaired) electrons. The van der Waals surface area contributed by atoms with E-state index in [4.69, 9.17) is 0 Å². The third-order valence-corrected chi connectivity index (χ3v) is 4.13. The van der Waals surface area contributed by atoms with Gasteiger partial charge in [-0.2, -0.15) is 0 Å². The molecule has 0 saturated carbocycles. The summed E-state index contributed by atoms with van der Waals surface area (Å²) in [5, 5.41) is 6.35. The Labute approximate surface area is 132 Å². The van der Waals surface area contributed by atoms with Crippen molar-refractivity contribution in [2.45, 2.75) is 19.3 Å².